The molecule has 0 spiro atoms. The van der Waals surface area contributed by atoms with Crippen LogP contribution < -0.4 is 10.6 Å². The summed E-state index contributed by atoms with van der Waals surface area (Å²) in [6, 6.07) is 10.7. The Morgan fingerprint density at radius 1 is 1.16 bits per heavy atom. The first kappa shape index (κ1) is 22.2. The van der Waals surface area contributed by atoms with Crippen LogP contribution in [0.2, 0.25) is 0 Å². The van der Waals surface area contributed by atoms with Gasteiger partial charge in [0.25, 0.3) is 0 Å². The fraction of sp³-hybridized carbons (Fsp3) is 0.632. The van der Waals surface area contributed by atoms with E-state index in [1.165, 1.54) is 38.2 Å². The first-order chi connectivity index (χ1) is 11.7. The smallest absolute Gasteiger partial charge is 0.191 e. The molecule has 1 saturated heterocycles. The van der Waals surface area contributed by atoms with E-state index >= 15 is 0 Å². The molecule has 1 fully saturated rings. The standard InChI is InChI=1S/C19H33N5.HI/c1-17(18-9-5-4-6-10-18)22-19(20-2)21-11-7-13-24-14-8-12-23(3)15-16-24;/h4-6,9-10,17H,7-8,11-16H2,1-3H3,(H2,20,21,22);1H. The topological polar surface area (TPSA) is 42.9 Å². The SMILES string of the molecule is CN=C(NCCCN1CCCN(C)CC1)NC(C)c1ccccc1.I. The molecule has 25 heavy (non-hydrogen) atoms. The van der Waals surface area contributed by atoms with Crippen LogP contribution >= 0.6 is 24.0 Å². The van der Waals surface area contributed by atoms with Gasteiger partial charge in [0.15, 0.2) is 5.96 Å². The zero-order valence-corrected chi connectivity index (χ0v) is 18.2. The average molecular weight is 459 g/mol. The van der Waals surface area contributed by atoms with Crippen LogP contribution in [0.4, 0.5) is 0 Å². The molecule has 2 N–H and O–H groups in total. The predicted octanol–water partition coefficient (Wildman–Crippen LogP) is 2.56. The molecule has 0 saturated carbocycles. The van der Waals surface area contributed by atoms with Gasteiger partial charge in [-0.05, 0) is 52.0 Å². The molecule has 2 rings (SSSR count). The number of benzene rings is 1. The van der Waals surface area contributed by atoms with Crippen molar-refractivity contribution in [1.29, 1.82) is 0 Å². The highest BCUT2D eigenvalue weighted by Crippen LogP contribution is 2.10. The quantitative estimate of drug-likeness (QED) is 0.297. The summed E-state index contributed by atoms with van der Waals surface area (Å²) in [5.74, 6) is 0.877. The molecule has 1 atom stereocenters. The van der Waals surface area contributed by atoms with Crippen molar-refractivity contribution < 1.29 is 0 Å². The van der Waals surface area contributed by atoms with Crippen LogP contribution in [0.5, 0.6) is 0 Å². The van der Waals surface area contributed by atoms with Gasteiger partial charge in [-0.25, -0.2) is 0 Å². The lowest BCUT2D eigenvalue weighted by Gasteiger charge is -2.21. The number of nitrogens with zero attached hydrogens (tertiary/aromatic N) is 3. The predicted molar refractivity (Wildman–Crippen MR) is 118 cm³/mol. The van der Waals surface area contributed by atoms with Crippen LogP contribution in [0.15, 0.2) is 35.3 Å². The number of hydrogen-bond donors (Lipinski definition) is 2. The van der Waals surface area contributed by atoms with Gasteiger partial charge in [0, 0.05) is 26.7 Å². The number of aliphatic imine (C=N–C) groups is 1. The summed E-state index contributed by atoms with van der Waals surface area (Å²) in [4.78, 5) is 9.34. The van der Waals surface area contributed by atoms with Crippen molar-refractivity contribution in [3.05, 3.63) is 35.9 Å². The maximum atomic E-state index is 4.34. The van der Waals surface area contributed by atoms with E-state index in [9.17, 15) is 0 Å². The highest BCUT2D eigenvalue weighted by molar-refractivity contribution is 14.0. The van der Waals surface area contributed by atoms with Crippen molar-refractivity contribution in [2.45, 2.75) is 25.8 Å². The van der Waals surface area contributed by atoms with E-state index in [0.29, 0.717) is 0 Å². The van der Waals surface area contributed by atoms with Crippen LogP contribution in [0.25, 0.3) is 0 Å². The molecule has 1 heterocycles. The monoisotopic (exact) mass is 459 g/mol. The number of halogens is 1. The Labute approximate surface area is 170 Å². The van der Waals surface area contributed by atoms with E-state index in [2.05, 4.69) is 63.7 Å². The van der Waals surface area contributed by atoms with Crippen molar-refractivity contribution in [3.63, 3.8) is 0 Å². The summed E-state index contributed by atoms with van der Waals surface area (Å²) in [6.45, 7) is 9.10. The van der Waals surface area contributed by atoms with Crippen molar-refractivity contribution in [3.8, 4) is 0 Å². The Morgan fingerprint density at radius 3 is 2.64 bits per heavy atom. The molecule has 0 amide bonds. The van der Waals surface area contributed by atoms with Crippen molar-refractivity contribution >= 4 is 29.9 Å². The summed E-state index contributed by atoms with van der Waals surface area (Å²) >= 11 is 0. The van der Waals surface area contributed by atoms with Crippen LogP contribution in [-0.2, 0) is 0 Å². The first-order valence-electron chi connectivity index (χ1n) is 9.12. The van der Waals surface area contributed by atoms with Gasteiger partial charge in [-0.15, -0.1) is 24.0 Å². The number of hydrogen-bond acceptors (Lipinski definition) is 3. The highest BCUT2D eigenvalue weighted by Gasteiger charge is 2.11. The van der Waals surface area contributed by atoms with E-state index in [1.807, 2.05) is 13.1 Å². The van der Waals surface area contributed by atoms with Gasteiger partial charge in [-0.2, -0.15) is 0 Å². The van der Waals surface area contributed by atoms with Crippen molar-refractivity contribution in [2.75, 3.05) is 53.4 Å². The second-order valence-corrected chi connectivity index (χ2v) is 6.63. The zero-order chi connectivity index (χ0) is 17.2. The molecule has 1 aliphatic heterocycles. The van der Waals surface area contributed by atoms with E-state index in [4.69, 9.17) is 0 Å². The highest BCUT2D eigenvalue weighted by atomic mass is 127. The fourth-order valence-electron chi connectivity index (χ4n) is 3.06. The van der Waals surface area contributed by atoms with Crippen LogP contribution in [-0.4, -0.2) is 69.1 Å². The van der Waals surface area contributed by atoms with Gasteiger partial charge in [-0.3, -0.25) is 4.99 Å². The largest absolute Gasteiger partial charge is 0.356 e. The summed E-state index contributed by atoms with van der Waals surface area (Å²) in [5.41, 5.74) is 1.27. The van der Waals surface area contributed by atoms with Crippen molar-refractivity contribution in [2.24, 2.45) is 4.99 Å². The molecular formula is C19H34IN5. The lowest BCUT2D eigenvalue weighted by Crippen LogP contribution is -2.40. The van der Waals surface area contributed by atoms with Gasteiger partial charge in [0.1, 0.15) is 0 Å². The third-order valence-corrected chi connectivity index (χ3v) is 4.63. The lowest BCUT2D eigenvalue weighted by atomic mass is 10.1. The summed E-state index contributed by atoms with van der Waals surface area (Å²) < 4.78 is 0. The summed E-state index contributed by atoms with van der Waals surface area (Å²) in [5, 5.41) is 6.89. The molecule has 5 nitrogen and oxygen atoms in total. The fourth-order valence-corrected chi connectivity index (χ4v) is 3.06. The molecular weight excluding hydrogens is 425 g/mol. The Balaban J connectivity index is 0.00000312. The van der Waals surface area contributed by atoms with E-state index in [-0.39, 0.29) is 30.0 Å². The summed E-state index contributed by atoms with van der Waals surface area (Å²) in [6.07, 6.45) is 2.42. The normalized spacial score (nSPS) is 18.1. The van der Waals surface area contributed by atoms with Gasteiger partial charge in [-0.1, -0.05) is 30.3 Å². The summed E-state index contributed by atoms with van der Waals surface area (Å²) in [7, 11) is 4.05. The third kappa shape index (κ3) is 8.37. The maximum Gasteiger partial charge on any atom is 0.191 e. The molecule has 6 heteroatoms. The number of likely N-dealkylation sites (N-methyl/N-ethyl adjacent to an activating group) is 1. The minimum absolute atomic E-state index is 0. The second kappa shape index (κ2) is 12.5. The zero-order valence-electron chi connectivity index (χ0n) is 15.9. The van der Waals surface area contributed by atoms with Gasteiger partial charge < -0.3 is 20.4 Å². The van der Waals surface area contributed by atoms with E-state index in [0.717, 1.165) is 25.5 Å². The minimum Gasteiger partial charge on any atom is -0.356 e. The third-order valence-electron chi connectivity index (χ3n) is 4.63. The Bertz CT molecular complexity index is 494. The van der Waals surface area contributed by atoms with Crippen molar-refractivity contribution in [1.82, 2.24) is 20.4 Å². The Kier molecular flexibility index (Phi) is 11.1. The molecule has 1 aliphatic rings. The lowest BCUT2D eigenvalue weighted by molar-refractivity contribution is 0.274. The van der Waals surface area contributed by atoms with E-state index in [1.54, 1.807) is 0 Å². The number of rotatable bonds is 6. The second-order valence-electron chi connectivity index (χ2n) is 6.63. The van der Waals surface area contributed by atoms with Crippen LogP contribution in [0.3, 0.4) is 0 Å². The van der Waals surface area contributed by atoms with Crippen LogP contribution in [0, 0.1) is 0 Å². The van der Waals surface area contributed by atoms with Crippen LogP contribution in [0.1, 0.15) is 31.4 Å². The molecule has 0 radical (unpaired) electrons. The molecule has 142 valence electrons. The number of nitrogens with one attached hydrogen (secondary N) is 2. The van der Waals surface area contributed by atoms with Gasteiger partial charge >= 0.3 is 0 Å². The number of guanidine groups is 1. The molecule has 1 unspecified atom stereocenters. The minimum atomic E-state index is 0. The molecule has 0 aliphatic carbocycles. The Morgan fingerprint density at radius 2 is 1.92 bits per heavy atom. The van der Waals surface area contributed by atoms with Gasteiger partial charge in [0.05, 0.1) is 6.04 Å². The van der Waals surface area contributed by atoms with Gasteiger partial charge in [0.2, 0.25) is 0 Å². The molecule has 1 aromatic carbocycles. The molecule has 1 aromatic rings. The molecule has 0 bridgehead atoms. The first-order valence-corrected chi connectivity index (χ1v) is 9.12. The maximum absolute atomic E-state index is 4.34. The Hall–Kier alpha value is -0.860. The average Bonchev–Trinajstić information content (AvgIpc) is 2.82. The molecule has 0 aromatic heterocycles. The van der Waals surface area contributed by atoms with E-state index < -0.39 is 0 Å².